The molecule has 8 nitrogen and oxygen atoms in total. The van der Waals surface area contributed by atoms with Crippen LogP contribution in [0.15, 0.2) is 51.1 Å². The summed E-state index contributed by atoms with van der Waals surface area (Å²) in [4.78, 5) is 16.5. The molecule has 0 unspecified atom stereocenters. The maximum Gasteiger partial charge on any atom is 0.267 e. The minimum Gasteiger partial charge on any atom is -0.335 e. The van der Waals surface area contributed by atoms with Gasteiger partial charge in [-0.1, -0.05) is 22.3 Å². The highest BCUT2D eigenvalue weighted by atomic mass is 32.2. The molecular formula is C23H23N5O3S3. The van der Waals surface area contributed by atoms with Crippen molar-refractivity contribution in [3.05, 3.63) is 63.7 Å². The van der Waals surface area contributed by atoms with Crippen molar-refractivity contribution >= 4 is 39.2 Å². The zero-order valence-electron chi connectivity index (χ0n) is 19.0. The summed E-state index contributed by atoms with van der Waals surface area (Å²) in [6, 6.07) is 12.9. The molecule has 0 aliphatic carbocycles. The molecule has 1 saturated heterocycles. The fraction of sp³-hybridized carbons (Fsp3) is 0.304. The van der Waals surface area contributed by atoms with Gasteiger partial charge in [-0.05, 0) is 73.8 Å². The van der Waals surface area contributed by atoms with Crippen molar-refractivity contribution in [1.82, 2.24) is 18.8 Å². The summed E-state index contributed by atoms with van der Waals surface area (Å²) in [5, 5.41) is 13.3. The highest BCUT2D eigenvalue weighted by Gasteiger charge is 2.33. The first kappa shape index (κ1) is 24.3. The molecule has 0 saturated carbocycles. The van der Waals surface area contributed by atoms with Crippen LogP contribution in [0.3, 0.4) is 0 Å². The summed E-state index contributed by atoms with van der Waals surface area (Å²) in [5.74, 6) is -0.179. The van der Waals surface area contributed by atoms with Crippen molar-refractivity contribution in [2.45, 2.75) is 35.5 Å². The summed E-state index contributed by atoms with van der Waals surface area (Å²) in [6.45, 7) is 6.61. The molecule has 1 aromatic heterocycles. The van der Waals surface area contributed by atoms with E-state index in [1.165, 1.54) is 22.1 Å². The number of hydrogen-bond donors (Lipinski definition) is 0. The van der Waals surface area contributed by atoms with Gasteiger partial charge in [-0.25, -0.2) is 8.42 Å². The summed E-state index contributed by atoms with van der Waals surface area (Å²) in [5.41, 5.74) is 3.04. The summed E-state index contributed by atoms with van der Waals surface area (Å²) >= 11 is 2.41. The standard InChI is InChI=1S/C23H23N5O3S3/c1-15-10-16(2)12-19(11-15)32-20-5-4-18(14-24)13-21(20)34(30,31)28-8-6-27(7-9-28)23(29)22-17(3)25-26-33-22/h4-5,10-13H,6-9H2,1-3H3. The average Bonchev–Trinajstić information content (AvgIpc) is 3.24. The van der Waals surface area contributed by atoms with Crippen LogP contribution in [0.1, 0.15) is 32.1 Å². The van der Waals surface area contributed by atoms with Crippen molar-refractivity contribution in [3.63, 3.8) is 0 Å². The third-order valence-corrected chi connectivity index (χ3v) is 9.42. The quantitative estimate of drug-likeness (QED) is 0.513. The van der Waals surface area contributed by atoms with Crippen molar-refractivity contribution < 1.29 is 13.2 Å². The number of nitrogens with zero attached hydrogens (tertiary/aromatic N) is 5. The van der Waals surface area contributed by atoms with Gasteiger partial charge in [0.1, 0.15) is 4.88 Å². The molecule has 1 aliphatic rings. The molecule has 1 amide bonds. The average molecular weight is 514 g/mol. The molecule has 1 aliphatic heterocycles. The van der Waals surface area contributed by atoms with E-state index in [1.807, 2.05) is 32.0 Å². The fourth-order valence-electron chi connectivity index (χ4n) is 3.82. The maximum atomic E-state index is 13.6. The summed E-state index contributed by atoms with van der Waals surface area (Å²) in [6.07, 6.45) is 0. The molecule has 0 bridgehead atoms. The van der Waals surface area contributed by atoms with Gasteiger partial charge in [-0.2, -0.15) is 9.57 Å². The normalized spacial score (nSPS) is 14.7. The third-order valence-electron chi connectivity index (χ3n) is 5.49. The van der Waals surface area contributed by atoms with Crippen LogP contribution in [0.4, 0.5) is 0 Å². The number of rotatable bonds is 5. The Hall–Kier alpha value is -2.78. The van der Waals surface area contributed by atoms with E-state index in [1.54, 1.807) is 24.0 Å². The van der Waals surface area contributed by atoms with Gasteiger partial charge in [0.05, 0.1) is 22.2 Å². The van der Waals surface area contributed by atoms with Crippen molar-refractivity contribution in [1.29, 1.82) is 5.26 Å². The first-order valence-corrected chi connectivity index (χ1v) is 13.6. The Morgan fingerprint density at radius 2 is 1.74 bits per heavy atom. The largest absolute Gasteiger partial charge is 0.335 e. The molecule has 1 fully saturated rings. The molecule has 11 heteroatoms. The van der Waals surface area contributed by atoms with Crippen molar-refractivity contribution in [2.75, 3.05) is 26.2 Å². The maximum absolute atomic E-state index is 13.6. The molecule has 176 valence electrons. The summed E-state index contributed by atoms with van der Waals surface area (Å²) in [7, 11) is -3.88. The van der Waals surface area contributed by atoms with Crippen molar-refractivity contribution in [2.24, 2.45) is 0 Å². The first-order chi connectivity index (χ1) is 16.2. The Balaban J connectivity index is 1.59. The second-order valence-corrected chi connectivity index (χ2v) is 11.9. The molecule has 0 atom stereocenters. The number of nitriles is 1. The number of piperazine rings is 1. The number of sulfonamides is 1. The van der Waals surface area contributed by atoms with Crippen LogP contribution < -0.4 is 0 Å². The van der Waals surface area contributed by atoms with Crippen LogP contribution in [0.5, 0.6) is 0 Å². The van der Waals surface area contributed by atoms with Gasteiger partial charge in [0.15, 0.2) is 0 Å². The van der Waals surface area contributed by atoms with Gasteiger partial charge < -0.3 is 4.90 Å². The zero-order valence-corrected chi connectivity index (χ0v) is 21.4. The summed E-state index contributed by atoms with van der Waals surface area (Å²) < 4.78 is 32.5. The molecule has 2 aromatic carbocycles. The van der Waals surface area contributed by atoms with E-state index in [0.29, 0.717) is 15.5 Å². The zero-order chi connectivity index (χ0) is 24.5. The monoisotopic (exact) mass is 513 g/mol. The molecule has 0 radical (unpaired) electrons. The van der Waals surface area contributed by atoms with Crippen LogP contribution in [0.2, 0.25) is 0 Å². The Bertz CT molecular complexity index is 1370. The highest BCUT2D eigenvalue weighted by Crippen LogP contribution is 2.36. The Morgan fingerprint density at radius 1 is 1.06 bits per heavy atom. The van der Waals surface area contributed by atoms with E-state index in [2.05, 4.69) is 15.7 Å². The van der Waals surface area contributed by atoms with Gasteiger partial charge in [0.2, 0.25) is 10.0 Å². The Morgan fingerprint density at radius 3 is 2.32 bits per heavy atom. The number of amides is 1. The van der Waals surface area contributed by atoms with Gasteiger partial charge in [-0.3, -0.25) is 4.79 Å². The van der Waals surface area contributed by atoms with E-state index < -0.39 is 10.0 Å². The number of carbonyl (C=O) groups excluding carboxylic acids is 1. The van der Waals surface area contributed by atoms with Crippen LogP contribution in [-0.4, -0.2) is 59.3 Å². The van der Waals surface area contributed by atoms with Crippen LogP contribution in [0, 0.1) is 32.1 Å². The lowest BCUT2D eigenvalue weighted by Gasteiger charge is -2.34. The van der Waals surface area contributed by atoms with Crippen molar-refractivity contribution in [3.8, 4) is 6.07 Å². The molecule has 0 spiro atoms. The minimum absolute atomic E-state index is 0.109. The molecule has 4 rings (SSSR count). The van der Waals surface area contributed by atoms with Crippen LogP contribution in [0.25, 0.3) is 0 Å². The molecular weight excluding hydrogens is 490 g/mol. The number of carbonyl (C=O) groups is 1. The highest BCUT2D eigenvalue weighted by molar-refractivity contribution is 8.00. The lowest BCUT2D eigenvalue weighted by atomic mass is 10.2. The minimum atomic E-state index is -3.88. The number of hydrogen-bond acceptors (Lipinski definition) is 8. The number of aromatic nitrogens is 2. The lowest BCUT2D eigenvalue weighted by molar-refractivity contribution is 0.0701. The molecule has 2 heterocycles. The molecule has 3 aromatic rings. The van der Waals surface area contributed by atoms with E-state index in [-0.39, 0.29) is 42.5 Å². The molecule has 0 N–H and O–H groups in total. The van der Waals surface area contributed by atoms with Gasteiger partial charge in [0.25, 0.3) is 5.91 Å². The van der Waals surface area contributed by atoms with Crippen LogP contribution >= 0.6 is 23.3 Å². The van der Waals surface area contributed by atoms with E-state index in [4.69, 9.17) is 0 Å². The third kappa shape index (κ3) is 5.00. The van der Waals surface area contributed by atoms with E-state index >= 15 is 0 Å². The topological polar surface area (TPSA) is 107 Å². The second-order valence-electron chi connectivity index (χ2n) is 8.08. The number of aryl methyl sites for hydroxylation is 3. The predicted octanol–water partition coefficient (Wildman–Crippen LogP) is 3.63. The van der Waals surface area contributed by atoms with Gasteiger partial charge in [-0.15, -0.1) is 5.10 Å². The number of benzene rings is 2. The molecule has 34 heavy (non-hydrogen) atoms. The van der Waals surface area contributed by atoms with Gasteiger partial charge in [0, 0.05) is 36.0 Å². The van der Waals surface area contributed by atoms with E-state index in [0.717, 1.165) is 27.6 Å². The Labute approximate surface area is 207 Å². The fourth-order valence-corrected chi connectivity index (χ4v) is 7.45. The van der Waals surface area contributed by atoms with Crippen LogP contribution in [-0.2, 0) is 10.0 Å². The Kier molecular flexibility index (Phi) is 7.04. The lowest BCUT2D eigenvalue weighted by Crippen LogP contribution is -2.50. The van der Waals surface area contributed by atoms with Gasteiger partial charge >= 0.3 is 0 Å². The first-order valence-electron chi connectivity index (χ1n) is 10.6. The second kappa shape index (κ2) is 9.84. The van der Waals surface area contributed by atoms with E-state index in [9.17, 15) is 18.5 Å². The predicted molar refractivity (Wildman–Crippen MR) is 131 cm³/mol. The SMILES string of the molecule is Cc1cc(C)cc(Sc2ccc(C#N)cc2S(=O)(=O)N2CCN(C(=O)c3snnc3C)CC2)c1. The smallest absolute Gasteiger partial charge is 0.267 e.